The number of rotatable bonds is 4. The summed E-state index contributed by atoms with van der Waals surface area (Å²) in [6.07, 6.45) is 3.00. The largest absolute Gasteiger partial charge is 0.457 e. The quantitative estimate of drug-likeness (QED) is 0.728. The number of benzene rings is 1. The highest BCUT2D eigenvalue weighted by molar-refractivity contribution is 5.94. The number of ether oxygens (including phenoxy) is 2. The molecule has 1 atom stereocenters. The van der Waals surface area contributed by atoms with E-state index in [0.717, 1.165) is 42.6 Å². The fraction of sp³-hybridized carbons (Fsp3) is 0.522. The lowest BCUT2D eigenvalue weighted by Crippen LogP contribution is -2.43. The Kier molecular flexibility index (Phi) is 4.86. The van der Waals surface area contributed by atoms with Gasteiger partial charge in [-0.15, -0.1) is 0 Å². The topological polar surface area (TPSA) is 96.4 Å². The lowest BCUT2D eigenvalue weighted by Gasteiger charge is -2.39. The highest BCUT2D eigenvalue weighted by Gasteiger charge is 2.46. The van der Waals surface area contributed by atoms with Crippen molar-refractivity contribution in [2.24, 2.45) is 5.41 Å². The van der Waals surface area contributed by atoms with Gasteiger partial charge in [-0.3, -0.25) is 4.79 Å². The van der Waals surface area contributed by atoms with Gasteiger partial charge in [0.05, 0.1) is 17.4 Å². The monoisotopic (exact) mass is 426 g/mol. The molecular formula is C23H26N2O6. The molecule has 2 saturated heterocycles. The number of β-amino-alcohol motifs (C(OH)–C–C–N with tert-alkyl or cyclic N) is 1. The SMILES string of the molecule is Cc1c([C@@H](O)CN2CCC3(CC2)CC(=O)N(C2=CC(=O)OC2)C3)ccc2c1COC2=O. The van der Waals surface area contributed by atoms with Crippen LogP contribution in [0.25, 0.3) is 0 Å². The normalized spacial score (nSPS) is 23.7. The van der Waals surface area contributed by atoms with E-state index in [1.165, 1.54) is 6.08 Å². The molecule has 1 spiro atoms. The molecule has 1 aromatic carbocycles. The van der Waals surface area contributed by atoms with Crippen LogP contribution >= 0.6 is 0 Å². The Hall–Kier alpha value is -2.71. The van der Waals surface area contributed by atoms with Crippen LogP contribution in [0.15, 0.2) is 23.9 Å². The Morgan fingerprint density at radius 1 is 1.13 bits per heavy atom. The highest BCUT2D eigenvalue weighted by atomic mass is 16.5. The number of piperidine rings is 1. The fourth-order valence-corrected chi connectivity index (χ4v) is 5.29. The van der Waals surface area contributed by atoms with Crippen molar-refractivity contribution in [1.29, 1.82) is 0 Å². The molecule has 5 rings (SSSR count). The minimum Gasteiger partial charge on any atom is -0.457 e. The van der Waals surface area contributed by atoms with Gasteiger partial charge in [-0.2, -0.15) is 0 Å². The maximum Gasteiger partial charge on any atom is 0.338 e. The Labute approximate surface area is 180 Å². The van der Waals surface area contributed by atoms with Crippen molar-refractivity contribution < 1.29 is 29.0 Å². The van der Waals surface area contributed by atoms with Gasteiger partial charge < -0.3 is 24.4 Å². The minimum atomic E-state index is -0.649. The molecule has 0 unspecified atom stereocenters. The molecule has 0 saturated carbocycles. The number of esters is 2. The van der Waals surface area contributed by atoms with Gasteiger partial charge in [0.15, 0.2) is 0 Å². The van der Waals surface area contributed by atoms with Gasteiger partial charge in [0.1, 0.15) is 13.2 Å². The van der Waals surface area contributed by atoms with Crippen LogP contribution < -0.4 is 0 Å². The summed E-state index contributed by atoms with van der Waals surface area (Å²) < 4.78 is 10.1. The average Bonchev–Trinajstić information content (AvgIpc) is 3.42. The van der Waals surface area contributed by atoms with Crippen LogP contribution in [-0.2, 0) is 25.7 Å². The Bertz CT molecular complexity index is 992. The summed E-state index contributed by atoms with van der Waals surface area (Å²) in [6.45, 7) is 5.12. The van der Waals surface area contributed by atoms with Crippen molar-refractivity contribution in [2.75, 3.05) is 32.8 Å². The Morgan fingerprint density at radius 3 is 2.61 bits per heavy atom. The van der Waals surface area contributed by atoms with Crippen LogP contribution in [0.3, 0.4) is 0 Å². The van der Waals surface area contributed by atoms with Gasteiger partial charge in [0, 0.05) is 31.1 Å². The summed E-state index contributed by atoms with van der Waals surface area (Å²) in [6, 6.07) is 3.56. The number of carbonyl (C=O) groups excluding carboxylic acids is 3. The van der Waals surface area contributed by atoms with Crippen LogP contribution in [0.5, 0.6) is 0 Å². The number of aliphatic hydroxyl groups is 1. The summed E-state index contributed by atoms with van der Waals surface area (Å²) in [5, 5.41) is 10.9. The number of aliphatic hydroxyl groups excluding tert-OH is 1. The maximum atomic E-state index is 12.6. The molecule has 8 heteroatoms. The Balaban J connectivity index is 1.21. The number of hydrogen-bond donors (Lipinski definition) is 1. The zero-order chi connectivity index (χ0) is 21.8. The van der Waals surface area contributed by atoms with E-state index >= 15 is 0 Å². The lowest BCUT2D eigenvalue weighted by molar-refractivity contribution is -0.135. The molecule has 2 fully saturated rings. The first-order valence-corrected chi connectivity index (χ1v) is 10.7. The van der Waals surface area contributed by atoms with Crippen molar-refractivity contribution >= 4 is 17.8 Å². The smallest absolute Gasteiger partial charge is 0.338 e. The molecule has 4 heterocycles. The molecule has 164 valence electrons. The zero-order valence-corrected chi connectivity index (χ0v) is 17.6. The standard InChI is InChI=1S/C23H26N2O6/c1-14-16(2-3-17-18(14)12-31-22(17)29)19(26)10-24-6-4-23(5-7-24)9-20(27)25(13-23)15-8-21(28)30-11-15/h2-3,8,19,26H,4-7,9-13H2,1H3/t19-/m0/s1. The molecular weight excluding hydrogens is 400 g/mol. The number of likely N-dealkylation sites (tertiary alicyclic amines) is 2. The summed E-state index contributed by atoms with van der Waals surface area (Å²) in [4.78, 5) is 39.6. The predicted octanol–water partition coefficient (Wildman–Crippen LogP) is 1.45. The second kappa shape index (κ2) is 7.46. The zero-order valence-electron chi connectivity index (χ0n) is 17.6. The number of fused-ring (bicyclic) bond motifs is 1. The number of nitrogens with zero attached hydrogens (tertiary/aromatic N) is 2. The third kappa shape index (κ3) is 3.53. The number of cyclic esters (lactones) is 2. The summed E-state index contributed by atoms with van der Waals surface area (Å²) in [5.41, 5.74) is 3.80. The second-order valence-electron chi connectivity index (χ2n) is 9.10. The molecule has 0 radical (unpaired) electrons. The van der Waals surface area contributed by atoms with Gasteiger partial charge >= 0.3 is 11.9 Å². The summed E-state index contributed by atoms with van der Waals surface area (Å²) in [7, 11) is 0. The first-order chi connectivity index (χ1) is 14.8. The molecule has 0 bridgehead atoms. The van der Waals surface area contributed by atoms with Gasteiger partial charge in [-0.05, 0) is 55.5 Å². The van der Waals surface area contributed by atoms with Crippen LogP contribution in [0.4, 0.5) is 0 Å². The average molecular weight is 426 g/mol. The van der Waals surface area contributed by atoms with Gasteiger partial charge in [-0.1, -0.05) is 6.07 Å². The van der Waals surface area contributed by atoms with E-state index in [1.807, 2.05) is 13.0 Å². The molecule has 31 heavy (non-hydrogen) atoms. The van der Waals surface area contributed by atoms with Crippen molar-refractivity contribution in [3.8, 4) is 0 Å². The van der Waals surface area contributed by atoms with Crippen molar-refractivity contribution in [2.45, 2.75) is 38.9 Å². The first kappa shape index (κ1) is 20.2. The van der Waals surface area contributed by atoms with Crippen LogP contribution in [0, 0.1) is 12.3 Å². The van der Waals surface area contributed by atoms with E-state index in [0.29, 0.717) is 30.8 Å². The molecule has 1 N–H and O–H groups in total. The van der Waals surface area contributed by atoms with E-state index in [9.17, 15) is 19.5 Å². The third-order valence-corrected chi connectivity index (χ3v) is 7.23. The first-order valence-electron chi connectivity index (χ1n) is 10.7. The van der Waals surface area contributed by atoms with Crippen molar-refractivity contribution in [3.05, 3.63) is 46.2 Å². The lowest BCUT2D eigenvalue weighted by atomic mass is 9.77. The van der Waals surface area contributed by atoms with E-state index in [2.05, 4.69) is 4.90 Å². The number of carbonyl (C=O) groups is 3. The maximum absolute atomic E-state index is 12.6. The van der Waals surface area contributed by atoms with Crippen LogP contribution in [0.2, 0.25) is 0 Å². The molecule has 0 aromatic heterocycles. The van der Waals surface area contributed by atoms with E-state index in [-0.39, 0.29) is 36.5 Å². The summed E-state index contributed by atoms with van der Waals surface area (Å²) in [5.74, 6) is -0.626. The van der Waals surface area contributed by atoms with Gasteiger partial charge in [-0.25, -0.2) is 9.59 Å². The van der Waals surface area contributed by atoms with Crippen molar-refractivity contribution in [1.82, 2.24) is 9.80 Å². The molecule has 0 aliphatic carbocycles. The van der Waals surface area contributed by atoms with E-state index in [1.54, 1.807) is 11.0 Å². The van der Waals surface area contributed by atoms with Gasteiger partial charge in [0.25, 0.3) is 0 Å². The molecule has 8 nitrogen and oxygen atoms in total. The fourth-order valence-electron chi connectivity index (χ4n) is 5.29. The number of amides is 1. The van der Waals surface area contributed by atoms with Gasteiger partial charge in [0.2, 0.25) is 5.91 Å². The molecule has 1 amide bonds. The van der Waals surface area contributed by atoms with Crippen LogP contribution in [-0.4, -0.2) is 65.5 Å². The molecule has 1 aromatic rings. The predicted molar refractivity (Wildman–Crippen MR) is 109 cm³/mol. The van der Waals surface area contributed by atoms with E-state index in [4.69, 9.17) is 9.47 Å². The number of hydrogen-bond acceptors (Lipinski definition) is 7. The summed E-state index contributed by atoms with van der Waals surface area (Å²) >= 11 is 0. The highest BCUT2D eigenvalue weighted by Crippen LogP contribution is 2.43. The van der Waals surface area contributed by atoms with Crippen LogP contribution in [0.1, 0.15) is 52.4 Å². The second-order valence-corrected chi connectivity index (χ2v) is 9.10. The third-order valence-electron chi connectivity index (χ3n) is 7.23. The molecule has 4 aliphatic rings. The van der Waals surface area contributed by atoms with Crippen molar-refractivity contribution in [3.63, 3.8) is 0 Å². The molecule has 4 aliphatic heterocycles. The minimum absolute atomic E-state index is 0.0589. The van der Waals surface area contributed by atoms with E-state index < -0.39 is 6.10 Å². The Morgan fingerprint density at radius 2 is 1.90 bits per heavy atom.